The average Bonchev–Trinajstić information content (AvgIpc) is 2.73. The van der Waals surface area contributed by atoms with Crippen molar-refractivity contribution in [1.82, 2.24) is 5.32 Å². The number of rotatable bonds is 6. The molecule has 6 heteroatoms. The van der Waals surface area contributed by atoms with E-state index in [-0.39, 0.29) is 11.8 Å². The molecule has 0 aliphatic heterocycles. The third-order valence-electron chi connectivity index (χ3n) is 4.04. The zero-order chi connectivity index (χ0) is 19.9. The molecule has 28 heavy (non-hydrogen) atoms. The Bertz CT molecular complexity index is 973. The van der Waals surface area contributed by atoms with Crippen LogP contribution in [0.4, 0.5) is 5.69 Å². The van der Waals surface area contributed by atoms with Gasteiger partial charge in [-0.1, -0.05) is 29.8 Å². The lowest BCUT2D eigenvalue weighted by atomic mass is 10.1. The molecular weight excluding hydrogens is 392 g/mol. The van der Waals surface area contributed by atoms with Gasteiger partial charge in [0.1, 0.15) is 0 Å². The van der Waals surface area contributed by atoms with Crippen LogP contribution in [0.2, 0.25) is 5.02 Å². The Morgan fingerprint density at radius 1 is 0.893 bits per heavy atom. The van der Waals surface area contributed by atoms with Gasteiger partial charge in [0.2, 0.25) is 0 Å². The third kappa shape index (κ3) is 5.38. The van der Waals surface area contributed by atoms with E-state index in [1.807, 2.05) is 36.4 Å². The summed E-state index contributed by atoms with van der Waals surface area (Å²) in [5.41, 5.74) is 2.76. The fourth-order valence-corrected chi connectivity index (χ4v) is 3.52. The highest BCUT2D eigenvalue weighted by atomic mass is 35.5. The van der Waals surface area contributed by atoms with E-state index in [4.69, 9.17) is 11.6 Å². The number of nitrogens with one attached hydrogen (secondary N) is 2. The van der Waals surface area contributed by atoms with Crippen molar-refractivity contribution in [3.63, 3.8) is 0 Å². The number of carbonyl (C=O) groups excluding carboxylic acids is 2. The molecule has 3 rings (SSSR count). The summed E-state index contributed by atoms with van der Waals surface area (Å²) < 4.78 is 0. The lowest BCUT2D eigenvalue weighted by Crippen LogP contribution is -2.18. The molecule has 2 amide bonds. The maximum Gasteiger partial charge on any atom is 0.255 e. The standard InChI is InChI=1S/C22H19ClN2O2S/c1-24-21(26)17-3-2-4-19(13-17)25-22(27)16-7-5-15(6-8-16)14-28-20-11-9-18(23)10-12-20/h2-13H,14H2,1H3,(H,24,26)(H,25,27). The summed E-state index contributed by atoms with van der Waals surface area (Å²) in [4.78, 5) is 25.3. The average molecular weight is 411 g/mol. The maximum atomic E-state index is 12.5. The fourth-order valence-electron chi connectivity index (χ4n) is 2.54. The van der Waals surface area contributed by atoms with E-state index < -0.39 is 0 Å². The molecule has 0 bridgehead atoms. The van der Waals surface area contributed by atoms with Crippen molar-refractivity contribution in [2.24, 2.45) is 0 Å². The van der Waals surface area contributed by atoms with Gasteiger partial charge in [0, 0.05) is 39.5 Å². The van der Waals surface area contributed by atoms with Crippen molar-refractivity contribution < 1.29 is 9.59 Å². The highest BCUT2D eigenvalue weighted by Gasteiger charge is 2.09. The lowest BCUT2D eigenvalue weighted by Gasteiger charge is -2.08. The molecule has 0 aliphatic rings. The molecule has 0 radical (unpaired) electrons. The van der Waals surface area contributed by atoms with Crippen LogP contribution in [0.25, 0.3) is 0 Å². The summed E-state index contributed by atoms with van der Waals surface area (Å²) in [6.07, 6.45) is 0. The second kappa shape index (κ2) is 9.44. The molecule has 3 aromatic rings. The molecule has 0 heterocycles. The van der Waals surface area contributed by atoms with E-state index in [0.29, 0.717) is 16.8 Å². The Hall–Kier alpha value is -2.76. The highest BCUT2D eigenvalue weighted by molar-refractivity contribution is 7.98. The molecule has 2 N–H and O–H groups in total. The topological polar surface area (TPSA) is 58.2 Å². The van der Waals surface area contributed by atoms with Gasteiger partial charge in [-0.05, 0) is 60.2 Å². The first-order valence-corrected chi connectivity index (χ1v) is 10.0. The first-order valence-electron chi connectivity index (χ1n) is 8.66. The molecular formula is C22H19ClN2O2S. The van der Waals surface area contributed by atoms with E-state index in [0.717, 1.165) is 21.2 Å². The molecule has 0 atom stereocenters. The minimum Gasteiger partial charge on any atom is -0.355 e. The van der Waals surface area contributed by atoms with Crippen LogP contribution in [0.5, 0.6) is 0 Å². The van der Waals surface area contributed by atoms with Crippen LogP contribution in [-0.4, -0.2) is 18.9 Å². The first-order chi connectivity index (χ1) is 13.5. The molecule has 0 unspecified atom stereocenters. The van der Waals surface area contributed by atoms with E-state index in [2.05, 4.69) is 10.6 Å². The van der Waals surface area contributed by atoms with Gasteiger partial charge in [-0.2, -0.15) is 0 Å². The van der Waals surface area contributed by atoms with Gasteiger partial charge in [0.25, 0.3) is 11.8 Å². The van der Waals surface area contributed by atoms with Crippen LogP contribution in [0, 0.1) is 0 Å². The van der Waals surface area contributed by atoms with Crippen molar-refractivity contribution in [3.05, 3.63) is 94.5 Å². The molecule has 0 fully saturated rings. The number of anilines is 1. The zero-order valence-electron chi connectivity index (χ0n) is 15.2. The van der Waals surface area contributed by atoms with E-state index in [1.165, 1.54) is 0 Å². The van der Waals surface area contributed by atoms with Gasteiger partial charge in [0.15, 0.2) is 0 Å². The van der Waals surface area contributed by atoms with E-state index in [9.17, 15) is 9.59 Å². The molecule has 0 spiro atoms. The molecule has 3 aromatic carbocycles. The van der Waals surface area contributed by atoms with Crippen LogP contribution < -0.4 is 10.6 Å². The second-order valence-corrected chi connectivity index (χ2v) is 7.54. The Balaban J connectivity index is 1.60. The summed E-state index contributed by atoms with van der Waals surface area (Å²) in [5, 5.41) is 6.11. The smallest absolute Gasteiger partial charge is 0.255 e. The quantitative estimate of drug-likeness (QED) is 0.546. The van der Waals surface area contributed by atoms with Gasteiger partial charge in [0.05, 0.1) is 0 Å². The zero-order valence-corrected chi connectivity index (χ0v) is 16.8. The predicted octanol–water partition coefficient (Wildman–Crippen LogP) is 5.24. The summed E-state index contributed by atoms with van der Waals surface area (Å²) in [6.45, 7) is 0. The molecule has 4 nitrogen and oxygen atoms in total. The Morgan fingerprint density at radius 3 is 2.29 bits per heavy atom. The van der Waals surface area contributed by atoms with E-state index >= 15 is 0 Å². The number of hydrogen-bond donors (Lipinski definition) is 2. The minimum absolute atomic E-state index is 0.196. The summed E-state index contributed by atoms with van der Waals surface area (Å²) in [6, 6.07) is 22.0. The number of carbonyl (C=O) groups is 2. The van der Waals surface area contributed by atoms with Crippen LogP contribution in [0.1, 0.15) is 26.3 Å². The summed E-state index contributed by atoms with van der Waals surface area (Å²) in [7, 11) is 1.57. The minimum atomic E-state index is -0.217. The van der Waals surface area contributed by atoms with Crippen molar-refractivity contribution in [2.45, 2.75) is 10.6 Å². The number of halogens is 1. The summed E-state index contributed by atoms with van der Waals surface area (Å²) >= 11 is 7.61. The number of thioether (sulfide) groups is 1. The molecule has 0 aromatic heterocycles. The van der Waals surface area contributed by atoms with Crippen molar-refractivity contribution in [2.75, 3.05) is 12.4 Å². The van der Waals surface area contributed by atoms with Crippen molar-refractivity contribution >= 4 is 40.9 Å². The molecule has 142 valence electrons. The third-order valence-corrected chi connectivity index (χ3v) is 5.38. The van der Waals surface area contributed by atoms with E-state index in [1.54, 1.807) is 55.2 Å². The number of amides is 2. The lowest BCUT2D eigenvalue weighted by molar-refractivity contribution is 0.0961. The molecule has 0 aliphatic carbocycles. The highest BCUT2D eigenvalue weighted by Crippen LogP contribution is 2.24. The van der Waals surface area contributed by atoms with Gasteiger partial charge in [-0.3, -0.25) is 9.59 Å². The Labute approximate surface area is 173 Å². The number of hydrogen-bond acceptors (Lipinski definition) is 3. The number of benzene rings is 3. The first kappa shape index (κ1) is 20.0. The van der Waals surface area contributed by atoms with Gasteiger partial charge in [-0.25, -0.2) is 0 Å². The molecule has 0 saturated heterocycles. The summed E-state index contributed by atoms with van der Waals surface area (Å²) in [5.74, 6) is 0.391. The van der Waals surface area contributed by atoms with Crippen molar-refractivity contribution in [1.29, 1.82) is 0 Å². The van der Waals surface area contributed by atoms with Crippen LogP contribution in [0.3, 0.4) is 0 Å². The van der Waals surface area contributed by atoms with Gasteiger partial charge < -0.3 is 10.6 Å². The fraction of sp³-hybridized carbons (Fsp3) is 0.0909. The van der Waals surface area contributed by atoms with Gasteiger partial charge in [-0.15, -0.1) is 11.8 Å². The van der Waals surface area contributed by atoms with Gasteiger partial charge >= 0.3 is 0 Å². The Morgan fingerprint density at radius 2 is 1.61 bits per heavy atom. The van der Waals surface area contributed by atoms with Crippen LogP contribution in [0.15, 0.2) is 77.7 Å². The molecule has 0 saturated carbocycles. The monoisotopic (exact) mass is 410 g/mol. The SMILES string of the molecule is CNC(=O)c1cccc(NC(=O)c2ccc(CSc3ccc(Cl)cc3)cc2)c1. The van der Waals surface area contributed by atoms with Crippen LogP contribution >= 0.6 is 23.4 Å². The largest absolute Gasteiger partial charge is 0.355 e. The maximum absolute atomic E-state index is 12.5. The van der Waals surface area contributed by atoms with Crippen molar-refractivity contribution in [3.8, 4) is 0 Å². The second-order valence-electron chi connectivity index (χ2n) is 6.05. The predicted molar refractivity (Wildman–Crippen MR) is 115 cm³/mol. The Kier molecular flexibility index (Phi) is 6.74. The normalized spacial score (nSPS) is 10.4. The van der Waals surface area contributed by atoms with Crippen LogP contribution in [-0.2, 0) is 5.75 Å².